The maximum Gasteiger partial charge on any atom is 0.186 e. The molecule has 0 atom stereocenters. The van der Waals surface area contributed by atoms with Crippen LogP contribution in [0.1, 0.15) is 15.9 Å². The number of ether oxygens (including phenoxy) is 1. The topological polar surface area (TPSA) is 44.1 Å². The second kappa shape index (κ2) is 4.82. The van der Waals surface area contributed by atoms with Crippen LogP contribution in [0.5, 0.6) is 5.75 Å². The van der Waals surface area contributed by atoms with Crippen molar-refractivity contribution in [3.05, 3.63) is 48.0 Å². The van der Waals surface area contributed by atoms with E-state index in [0.717, 1.165) is 5.56 Å². The van der Waals surface area contributed by atoms with Gasteiger partial charge in [0.05, 0.1) is 25.5 Å². The highest BCUT2D eigenvalue weighted by atomic mass is 16.5. The number of rotatable bonds is 4. The highest BCUT2D eigenvalue weighted by Gasteiger charge is 2.12. The van der Waals surface area contributed by atoms with Crippen molar-refractivity contribution in [1.82, 2.24) is 9.55 Å². The average Bonchev–Trinajstić information content (AvgIpc) is 2.81. The van der Waals surface area contributed by atoms with Crippen molar-refractivity contribution in [3.63, 3.8) is 0 Å². The summed E-state index contributed by atoms with van der Waals surface area (Å²) < 4.78 is 6.94. The molecule has 0 saturated heterocycles. The van der Waals surface area contributed by atoms with Crippen LogP contribution in [0.3, 0.4) is 0 Å². The molecule has 0 unspecified atom stereocenters. The van der Waals surface area contributed by atoms with Crippen molar-refractivity contribution >= 4 is 5.78 Å². The van der Waals surface area contributed by atoms with Crippen molar-refractivity contribution in [3.8, 4) is 5.75 Å². The lowest BCUT2D eigenvalue weighted by Gasteiger charge is -2.08. The van der Waals surface area contributed by atoms with E-state index in [0.29, 0.717) is 11.3 Å². The Hall–Kier alpha value is -2.10. The summed E-state index contributed by atoms with van der Waals surface area (Å²) >= 11 is 0. The van der Waals surface area contributed by atoms with Gasteiger partial charge in [0.25, 0.3) is 0 Å². The fourth-order valence-electron chi connectivity index (χ4n) is 1.67. The third kappa shape index (κ3) is 2.53. The zero-order chi connectivity index (χ0) is 12.3. The molecule has 0 spiro atoms. The van der Waals surface area contributed by atoms with Crippen LogP contribution >= 0.6 is 0 Å². The third-order valence-corrected chi connectivity index (χ3v) is 2.54. The van der Waals surface area contributed by atoms with Gasteiger partial charge in [-0.25, -0.2) is 4.98 Å². The lowest BCUT2D eigenvalue weighted by atomic mass is 10.1. The number of methoxy groups -OCH3 is 1. The molecule has 0 bridgehead atoms. The molecule has 0 fully saturated rings. The van der Waals surface area contributed by atoms with Gasteiger partial charge in [-0.15, -0.1) is 0 Å². The van der Waals surface area contributed by atoms with E-state index in [4.69, 9.17) is 4.74 Å². The number of Topliss-reactive ketones (excluding diaryl/α,β-unsaturated/α-hetero) is 1. The molecule has 1 aromatic carbocycles. The van der Waals surface area contributed by atoms with Gasteiger partial charge in [-0.05, 0) is 19.1 Å². The van der Waals surface area contributed by atoms with Gasteiger partial charge in [-0.1, -0.05) is 11.6 Å². The summed E-state index contributed by atoms with van der Waals surface area (Å²) in [6, 6.07) is 5.58. The molecule has 2 rings (SSSR count). The molecule has 4 heteroatoms. The molecular formula is C13H14N2O2. The Morgan fingerprint density at radius 2 is 2.29 bits per heavy atom. The Bertz CT molecular complexity index is 518. The van der Waals surface area contributed by atoms with Crippen molar-refractivity contribution in [1.29, 1.82) is 0 Å². The zero-order valence-electron chi connectivity index (χ0n) is 9.88. The normalized spacial score (nSPS) is 10.2. The average molecular weight is 230 g/mol. The largest absolute Gasteiger partial charge is 0.496 e. The summed E-state index contributed by atoms with van der Waals surface area (Å²) in [6.07, 6.45) is 5.04. The maximum atomic E-state index is 12.1. The van der Waals surface area contributed by atoms with Crippen molar-refractivity contribution < 1.29 is 9.53 Å². The summed E-state index contributed by atoms with van der Waals surface area (Å²) in [7, 11) is 1.57. The van der Waals surface area contributed by atoms with E-state index < -0.39 is 0 Å². The molecule has 0 N–H and O–H groups in total. The van der Waals surface area contributed by atoms with E-state index in [9.17, 15) is 4.79 Å². The van der Waals surface area contributed by atoms with Crippen molar-refractivity contribution in [2.45, 2.75) is 13.5 Å². The number of benzene rings is 1. The van der Waals surface area contributed by atoms with Gasteiger partial charge in [0.1, 0.15) is 5.75 Å². The van der Waals surface area contributed by atoms with E-state index >= 15 is 0 Å². The number of aryl methyl sites for hydroxylation is 1. The highest BCUT2D eigenvalue weighted by Crippen LogP contribution is 2.20. The molecular weight excluding hydrogens is 216 g/mol. The van der Waals surface area contributed by atoms with Crippen molar-refractivity contribution in [2.75, 3.05) is 7.11 Å². The predicted molar refractivity (Wildman–Crippen MR) is 64.3 cm³/mol. The Morgan fingerprint density at radius 3 is 2.94 bits per heavy atom. The minimum absolute atomic E-state index is 0.0172. The molecule has 1 aromatic heterocycles. The van der Waals surface area contributed by atoms with Gasteiger partial charge in [0.2, 0.25) is 0 Å². The Kier molecular flexibility index (Phi) is 3.23. The molecule has 0 amide bonds. The minimum atomic E-state index is 0.0172. The first-order valence-corrected chi connectivity index (χ1v) is 5.34. The molecule has 2 aromatic rings. The quantitative estimate of drug-likeness (QED) is 0.755. The second-order valence-electron chi connectivity index (χ2n) is 3.86. The fourth-order valence-corrected chi connectivity index (χ4v) is 1.67. The van der Waals surface area contributed by atoms with Gasteiger partial charge in [-0.2, -0.15) is 0 Å². The van der Waals surface area contributed by atoms with Gasteiger partial charge < -0.3 is 9.30 Å². The zero-order valence-corrected chi connectivity index (χ0v) is 9.88. The standard InChI is InChI=1S/C13H14N2O2/c1-10-3-4-13(17-2)11(7-10)12(16)8-15-6-5-14-9-15/h3-7,9H,8H2,1-2H3. The molecule has 88 valence electrons. The smallest absolute Gasteiger partial charge is 0.186 e. The van der Waals surface area contributed by atoms with E-state index in [-0.39, 0.29) is 12.3 Å². The lowest BCUT2D eigenvalue weighted by Crippen LogP contribution is -2.10. The van der Waals surface area contributed by atoms with Crippen LogP contribution in [-0.2, 0) is 6.54 Å². The molecule has 0 aliphatic heterocycles. The van der Waals surface area contributed by atoms with Crippen LogP contribution in [-0.4, -0.2) is 22.4 Å². The number of carbonyl (C=O) groups is 1. The number of hydrogen-bond acceptors (Lipinski definition) is 3. The number of nitrogens with zero attached hydrogens (tertiary/aromatic N) is 2. The number of carbonyl (C=O) groups excluding carboxylic acids is 1. The Balaban J connectivity index is 2.26. The third-order valence-electron chi connectivity index (χ3n) is 2.54. The first-order valence-electron chi connectivity index (χ1n) is 5.34. The SMILES string of the molecule is COc1ccc(C)cc1C(=O)Cn1ccnc1. The highest BCUT2D eigenvalue weighted by molar-refractivity contribution is 5.98. The number of imidazole rings is 1. The van der Waals surface area contributed by atoms with E-state index in [2.05, 4.69) is 4.98 Å². The summed E-state index contributed by atoms with van der Waals surface area (Å²) in [5.74, 6) is 0.629. The molecule has 0 aliphatic rings. The van der Waals surface area contributed by atoms with Gasteiger partial charge in [-0.3, -0.25) is 4.79 Å². The van der Waals surface area contributed by atoms with E-state index in [1.54, 1.807) is 30.4 Å². The molecule has 1 heterocycles. The number of aromatic nitrogens is 2. The van der Waals surface area contributed by atoms with Gasteiger partial charge in [0.15, 0.2) is 5.78 Å². The van der Waals surface area contributed by atoms with Crippen LogP contribution in [0.4, 0.5) is 0 Å². The Labute approximate surface area is 99.9 Å². The molecule has 17 heavy (non-hydrogen) atoms. The van der Waals surface area contributed by atoms with Crippen LogP contribution in [0.2, 0.25) is 0 Å². The van der Waals surface area contributed by atoms with Crippen LogP contribution in [0, 0.1) is 6.92 Å². The number of ketones is 1. The fraction of sp³-hybridized carbons (Fsp3) is 0.231. The molecule has 0 aliphatic carbocycles. The van der Waals surface area contributed by atoms with E-state index in [1.165, 1.54) is 0 Å². The first-order chi connectivity index (χ1) is 8.20. The van der Waals surface area contributed by atoms with Crippen LogP contribution in [0.25, 0.3) is 0 Å². The first kappa shape index (κ1) is 11.4. The molecule has 0 saturated carbocycles. The predicted octanol–water partition coefficient (Wildman–Crippen LogP) is 2.08. The Morgan fingerprint density at radius 1 is 1.47 bits per heavy atom. The molecule has 0 radical (unpaired) electrons. The molecule has 4 nitrogen and oxygen atoms in total. The summed E-state index contributed by atoms with van der Waals surface area (Å²) in [5, 5.41) is 0. The summed E-state index contributed by atoms with van der Waals surface area (Å²) in [5.41, 5.74) is 1.65. The van der Waals surface area contributed by atoms with Crippen LogP contribution < -0.4 is 4.74 Å². The maximum absolute atomic E-state index is 12.1. The van der Waals surface area contributed by atoms with Gasteiger partial charge in [0, 0.05) is 12.4 Å². The van der Waals surface area contributed by atoms with E-state index in [1.807, 2.05) is 25.1 Å². The van der Waals surface area contributed by atoms with Gasteiger partial charge >= 0.3 is 0 Å². The summed E-state index contributed by atoms with van der Waals surface area (Å²) in [4.78, 5) is 16.0. The monoisotopic (exact) mass is 230 g/mol. The summed E-state index contributed by atoms with van der Waals surface area (Å²) in [6.45, 7) is 2.23. The second-order valence-corrected chi connectivity index (χ2v) is 3.86. The van der Waals surface area contributed by atoms with Crippen molar-refractivity contribution in [2.24, 2.45) is 0 Å². The van der Waals surface area contributed by atoms with Crippen LogP contribution in [0.15, 0.2) is 36.9 Å². The lowest BCUT2D eigenvalue weighted by molar-refractivity contribution is 0.0969. The number of hydrogen-bond donors (Lipinski definition) is 0. The minimum Gasteiger partial charge on any atom is -0.496 e.